The molecular formula is C23H26ClNO3. The van der Waals surface area contributed by atoms with E-state index >= 15 is 0 Å². The van der Waals surface area contributed by atoms with E-state index in [1.54, 1.807) is 14.2 Å². The van der Waals surface area contributed by atoms with Crippen molar-refractivity contribution in [3.05, 3.63) is 71.9 Å². The minimum atomic E-state index is 0.334. The fourth-order valence-electron chi connectivity index (χ4n) is 2.59. The van der Waals surface area contributed by atoms with Crippen LogP contribution in [-0.4, -0.2) is 19.2 Å². The van der Waals surface area contributed by atoms with Crippen LogP contribution in [0.3, 0.4) is 0 Å². The van der Waals surface area contributed by atoms with E-state index in [1.165, 1.54) is 0 Å². The van der Waals surface area contributed by atoms with Gasteiger partial charge in [-0.2, -0.15) is 0 Å². The van der Waals surface area contributed by atoms with Gasteiger partial charge in [0.2, 0.25) is 0 Å². The minimum absolute atomic E-state index is 0.334. The van der Waals surface area contributed by atoms with Gasteiger partial charge < -0.3 is 14.2 Å². The van der Waals surface area contributed by atoms with Crippen LogP contribution >= 0.6 is 11.6 Å². The van der Waals surface area contributed by atoms with E-state index in [0.717, 1.165) is 28.3 Å². The number of methoxy groups -OCH3 is 2. The number of halogens is 1. The first-order valence-corrected chi connectivity index (χ1v) is 9.73. The third-order valence-corrected chi connectivity index (χ3v) is 4.24. The molecule has 0 saturated heterocycles. The van der Waals surface area contributed by atoms with Crippen LogP contribution in [0.1, 0.15) is 25.1 Å². The van der Waals surface area contributed by atoms with Crippen LogP contribution < -0.4 is 14.2 Å². The first-order chi connectivity index (χ1) is 13.7. The van der Waals surface area contributed by atoms with Crippen LogP contribution in [0.4, 0.5) is 0 Å². The van der Waals surface area contributed by atoms with Crippen molar-refractivity contribution >= 4 is 11.6 Å². The Kier molecular flexibility index (Phi) is 8.63. The van der Waals surface area contributed by atoms with Crippen molar-refractivity contribution in [3.8, 4) is 28.5 Å². The van der Waals surface area contributed by atoms with Crippen LogP contribution in [0.25, 0.3) is 11.3 Å². The first kappa shape index (κ1) is 21.6. The van der Waals surface area contributed by atoms with Gasteiger partial charge in [-0.3, -0.25) is 0 Å². The van der Waals surface area contributed by atoms with Gasteiger partial charge in [-0.15, -0.1) is 11.6 Å². The Morgan fingerprint density at radius 1 is 0.821 bits per heavy atom. The van der Waals surface area contributed by atoms with E-state index in [2.05, 4.69) is 4.98 Å². The largest absolute Gasteiger partial charge is 0.497 e. The van der Waals surface area contributed by atoms with Gasteiger partial charge in [0.25, 0.3) is 0 Å². The van der Waals surface area contributed by atoms with Gasteiger partial charge in [0.15, 0.2) is 0 Å². The highest BCUT2D eigenvalue weighted by atomic mass is 35.5. The molecule has 28 heavy (non-hydrogen) atoms. The van der Waals surface area contributed by atoms with Gasteiger partial charge in [-0.05, 0) is 42.0 Å². The number of ether oxygens (including phenoxy) is 3. The van der Waals surface area contributed by atoms with Gasteiger partial charge >= 0.3 is 0 Å². The molecule has 2 aromatic carbocycles. The second-order valence-corrected chi connectivity index (χ2v) is 5.89. The molecule has 3 rings (SSSR count). The Balaban J connectivity index is 0.00000136. The number of para-hydroxylation sites is 1. The van der Waals surface area contributed by atoms with Crippen molar-refractivity contribution in [2.45, 2.75) is 26.3 Å². The van der Waals surface area contributed by atoms with E-state index < -0.39 is 0 Å². The van der Waals surface area contributed by atoms with Crippen molar-refractivity contribution < 1.29 is 14.2 Å². The maximum absolute atomic E-state index is 6.05. The van der Waals surface area contributed by atoms with Gasteiger partial charge in [0, 0.05) is 5.56 Å². The monoisotopic (exact) mass is 399 g/mol. The summed E-state index contributed by atoms with van der Waals surface area (Å²) in [4.78, 5) is 4.65. The molecule has 0 aliphatic heterocycles. The molecule has 0 amide bonds. The fourth-order valence-corrected chi connectivity index (χ4v) is 2.74. The molecule has 0 aliphatic carbocycles. The fraction of sp³-hybridized carbons (Fsp3) is 0.261. The summed E-state index contributed by atoms with van der Waals surface area (Å²) in [5, 5.41) is 0. The molecule has 0 saturated carbocycles. The van der Waals surface area contributed by atoms with E-state index in [9.17, 15) is 0 Å². The lowest BCUT2D eigenvalue weighted by atomic mass is 10.1. The lowest BCUT2D eigenvalue weighted by molar-refractivity contribution is 0.306. The predicted octanol–water partition coefficient (Wildman–Crippen LogP) is 6.11. The molecule has 0 aliphatic rings. The summed E-state index contributed by atoms with van der Waals surface area (Å²) in [6.45, 7) is 4.42. The molecule has 0 N–H and O–H groups in total. The molecule has 0 spiro atoms. The smallest absolute Gasteiger partial charge is 0.146 e. The summed E-state index contributed by atoms with van der Waals surface area (Å²) in [6, 6.07) is 19.3. The number of aromatic nitrogens is 1. The Labute approximate surface area is 172 Å². The van der Waals surface area contributed by atoms with Crippen LogP contribution in [0, 0.1) is 0 Å². The molecular weight excluding hydrogens is 374 g/mol. The van der Waals surface area contributed by atoms with Crippen molar-refractivity contribution in [1.82, 2.24) is 4.98 Å². The van der Waals surface area contributed by atoms with Crippen molar-refractivity contribution in [2.75, 3.05) is 14.2 Å². The molecule has 0 radical (unpaired) electrons. The number of rotatable bonds is 7. The van der Waals surface area contributed by atoms with Crippen LogP contribution in [0.15, 0.2) is 60.7 Å². The van der Waals surface area contributed by atoms with E-state index in [-0.39, 0.29) is 0 Å². The Hall–Kier alpha value is -2.72. The Morgan fingerprint density at radius 3 is 2.18 bits per heavy atom. The summed E-state index contributed by atoms with van der Waals surface area (Å²) in [6.07, 6.45) is 0. The van der Waals surface area contributed by atoms with Gasteiger partial charge in [0.1, 0.15) is 29.5 Å². The highest BCUT2D eigenvalue weighted by Gasteiger charge is 2.14. The first-order valence-electron chi connectivity index (χ1n) is 9.20. The topological polar surface area (TPSA) is 40.6 Å². The lowest BCUT2D eigenvalue weighted by Crippen LogP contribution is -2.01. The number of alkyl halides is 1. The lowest BCUT2D eigenvalue weighted by Gasteiger charge is -2.14. The normalized spacial score (nSPS) is 9.89. The maximum Gasteiger partial charge on any atom is 0.146 e. The molecule has 1 aromatic heterocycles. The SMILES string of the molecule is CC.COc1ccc(COc2ccc(CCl)nc2-c2ccccc2OC)cc1. The third-order valence-electron chi connectivity index (χ3n) is 3.97. The summed E-state index contributed by atoms with van der Waals surface area (Å²) in [5.41, 5.74) is 3.41. The average Bonchev–Trinajstić information content (AvgIpc) is 2.79. The second-order valence-electron chi connectivity index (χ2n) is 5.62. The molecule has 148 valence electrons. The number of hydrogen-bond donors (Lipinski definition) is 0. The van der Waals surface area contributed by atoms with Crippen molar-refractivity contribution in [3.63, 3.8) is 0 Å². The number of hydrogen-bond acceptors (Lipinski definition) is 4. The van der Waals surface area contributed by atoms with Crippen LogP contribution in [0.5, 0.6) is 17.2 Å². The number of pyridine rings is 1. The standard InChI is InChI=1S/C21H20ClNO3.C2H6/c1-24-17-10-7-15(8-11-17)14-26-20-12-9-16(13-22)23-21(20)18-5-3-4-6-19(18)25-2;1-2/h3-12H,13-14H2,1-2H3;1-2H3. The Morgan fingerprint density at radius 2 is 1.54 bits per heavy atom. The molecule has 0 bridgehead atoms. The van der Waals surface area contributed by atoms with Gasteiger partial charge in [-0.1, -0.05) is 38.1 Å². The molecule has 5 heteroatoms. The van der Waals surface area contributed by atoms with Crippen LogP contribution in [-0.2, 0) is 12.5 Å². The summed E-state index contributed by atoms with van der Waals surface area (Å²) >= 11 is 5.97. The zero-order valence-corrected chi connectivity index (χ0v) is 17.5. The van der Waals surface area contributed by atoms with Crippen LogP contribution in [0.2, 0.25) is 0 Å². The summed E-state index contributed by atoms with van der Waals surface area (Å²) in [7, 11) is 3.29. The molecule has 4 nitrogen and oxygen atoms in total. The van der Waals surface area contributed by atoms with E-state index in [1.807, 2.05) is 74.5 Å². The number of nitrogens with zero attached hydrogens (tertiary/aromatic N) is 1. The Bertz CT molecular complexity index is 866. The van der Waals surface area contributed by atoms with Gasteiger partial charge in [0.05, 0.1) is 25.8 Å². The predicted molar refractivity (Wildman–Crippen MR) is 114 cm³/mol. The molecule has 0 unspecified atom stereocenters. The molecule has 0 fully saturated rings. The highest BCUT2D eigenvalue weighted by molar-refractivity contribution is 6.16. The molecule has 1 heterocycles. The maximum atomic E-state index is 6.05. The zero-order chi connectivity index (χ0) is 20.4. The van der Waals surface area contributed by atoms with Crippen molar-refractivity contribution in [2.24, 2.45) is 0 Å². The number of benzene rings is 2. The third kappa shape index (κ3) is 5.40. The zero-order valence-electron chi connectivity index (χ0n) is 16.7. The van der Waals surface area contributed by atoms with E-state index in [0.29, 0.717) is 23.9 Å². The quantitative estimate of drug-likeness (QED) is 0.449. The highest BCUT2D eigenvalue weighted by Crippen LogP contribution is 2.35. The van der Waals surface area contributed by atoms with E-state index in [4.69, 9.17) is 25.8 Å². The van der Waals surface area contributed by atoms with Gasteiger partial charge in [-0.25, -0.2) is 4.98 Å². The minimum Gasteiger partial charge on any atom is -0.497 e. The second kappa shape index (κ2) is 11.2. The summed E-state index contributed by atoms with van der Waals surface area (Å²) < 4.78 is 16.7. The average molecular weight is 400 g/mol. The molecule has 0 atom stereocenters. The van der Waals surface area contributed by atoms with Crippen molar-refractivity contribution in [1.29, 1.82) is 0 Å². The molecule has 3 aromatic rings. The summed E-state index contributed by atoms with van der Waals surface area (Å²) in [5.74, 6) is 2.57.